The molecule has 0 saturated heterocycles. The number of rotatable bonds is 4. The van der Waals surface area contributed by atoms with E-state index < -0.39 is 0 Å². The molecule has 0 bridgehead atoms. The SMILES string of the molecule is c1ccc2cc(-c3ccc(-c4nc(-c5ccc6c(c5)oc5ccccc56)nc(-c5cccc6oc7ccccc7c56)n4)cc3)ccc2c1. The molecule has 0 radical (unpaired) electrons. The van der Waals surface area contributed by atoms with E-state index in [1.54, 1.807) is 0 Å². The van der Waals surface area contributed by atoms with Crippen molar-refractivity contribution in [2.45, 2.75) is 0 Å². The van der Waals surface area contributed by atoms with Gasteiger partial charge in [0.15, 0.2) is 17.5 Å². The van der Waals surface area contributed by atoms with E-state index in [1.807, 2.05) is 54.6 Å². The van der Waals surface area contributed by atoms with Crippen molar-refractivity contribution in [1.29, 1.82) is 0 Å². The first-order valence-electron chi connectivity index (χ1n) is 15.9. The number of para-hydroxylation sites is 2. The van der Waals surface area contributed by atoms with E-state index in [9.17, 15) is 0 Å². The normalized spacial score (nSPS) is 11.8. The predicted octanol–water partition coefficient (Wildman–Crippen LogP) is 11.5. The van der Waals surface area contributed by atoms with E-state index in [2.05, 4.69) is 97.1 Å². The molecule has 0 aliphatic rings. The first-order chi connectivity index (χ1) is 23.7. The molecule has 0 amide bonds. The third-order valence-electron chi connectivity index (χ3n) is 9.14. The maximum Gasteiger partial charge on any atom is 0.164 e. The molecule has 0 aliphatic carbocycles. The lowest BCUT2D eigenvalue weighted by Gasteiger charge is -2.10. The Bertz CT molecular complexity index is 2850. The van der Waals surface area contributed by atoms with Crippen LogP contribution in [0.3, 0.4) is 0 Å². The summed E-state index contributed by atoms with van der Waals surface area (Å²) in [5, 5.41) is 6.59. The Labute approximate surface area is 274 Å². The second kappa shape index (κ2) is 10.5. The van der Waals surface area contributed by atoms with Gasteiger partial charge in [-0.3, -0.25) is 0 Å². The summed E-state index contributed by atoms with van der Waals surface area (Å²) >= 11 is 0. The number of hydrogen-bond acceptors (Lipinski definition) is 5. The molecule has 10 aromatic rings. The Kier molecular flexibility index (Phi) is 5.81. The third-order valence-corrected chi connectivity index (χ3v) is 9.14. The summed E-state index contributed by atoms with van der Waals surface area (Å²) in [5.74, 6) is 1.74. The van der Waals surface area contributed by atoms with Crippen LogP contribution in [0.2, 0.25) is 0 Å². The smallest absolute Gasteiger partial charge is 0.164 e. The fourth-order valence-electron chi connectivity index (χ4n) is 6.76. The van der Waals surface area contributed by atoms with Crippen molar-refractivity contribution in [3.8, 4) is 45.3 Å². The minimum atomic E-state index is 0.570. The molecule has 0 spiro atoms. The molecule has 0 saturated carbocycles. The highest BCUT2D eigenvalue weighted by atomic mass is 16.3. The Hall–Kier alpha value is -6.59. The molecular formula is C43H25N3O2. The molecule has 3 heterocycles. The molecule has 224 valence electrons. The molecule has 7 aromatic carbocycles. The summed E-state index contributed by atoms with van der Waals surface area (Å²) in [5.41, 5.74) is 8.20. The van der Waals surface area contributed by atoms with E-state index in [0.717, 1.165) is 71.7 Å². The molecular weight excluding hydrogens is 590 g/mol. The van der Waals surface area contributed by atoms with Crippen LogP contribution in [0.1, 0.15) is 0 Å². The summed E-state index contributed by atoms with van der Waals surface area (Å²) in [6, 6.07) is 51.8. The summed E-state index contributed by atoms with van der Waals surface area (Å²) in [6.45, 7) is 0. The fraction of sp³-hybridized carbons (Fsp3) is 0. The number of aromatic nitrogens is 3. The zero-order chi connectivity index (χ0) is 31.6. The molecule has 0 aliphatic heterocycles. The Balaban J connectivity index is 1.15. The summed E-state index contributed by atoms with van der Waals surface area (Å²) in [4.78, 5) is 15.2. The Morgan fingerprint density at radius 2 is 0.917 bits per heavy atom. The fourth-order valence-corrected chi connectivity index (χ4v) is 6.76. The largest absolute Gasteiger partial charge is 0.456 e. The Morgan fingerprint density at radius 3 is 1.77 bits per heavy atom. The summed E-state index contributed by atoms with van der Waals surface area (Å²) < 4.78 is 12.5. The van der Waals surface area contributed by atoms with E-state index in [4.69, 9.17) is 23.8 Å². The highest BCUT2D eigenvalue weighted by Gasteiger charge is 2.18. The number of benzene rings is 7. The maximum atomic E-state index is 6.24. The topological polar surface area (TPSA) is 65.0 Å². The number of nitrogens with zero attached hydrogens (tertiary/aromatic N) is 3. The van der Waals surface area contributed by atoms with Crippen LogP contribution >= 0.6 is 0 Å². The molecule has 0 unspecified atom stereocenters. The highest BCUT2D eigenvalue weighted by Crippen LogP contribution is 2.37. The van der Waals surface area contributed by atoms with E-state index >= 15 is 0 Å². The van der Waals surface area contributed by atoms with Crippen molar-refractivity contribution < 1.29 is 8.83 Å². The van der Waals surface area contributed by atoms with Crippen molar-refractivity contribution in [3.63, 3.8) is 0 Å². The van der Waals surface area contributed by atoms with Crippen LogP contribution < -0.4 is 0 Å². The molecule has 5 heteroatoms. The van der Waals surface area contributed by atoms with Crippen LogP contribution in [0.4, 0.5) is 0 Å². The average Bonchev–Trinajstić information content (AvgIpc) is 3.72. The first kappa shape index (κ1) is 26.6. The van der Waals surface area contributed by atoms with E-state index in [0.29, 0.717) is 17.5 Å². The van der Waals surface area contributed by atoms with Gasteiger partial charge in [-0.15, -0.1) is 0 Å². The van der Waals surface area contributed by atoms with Crippen molar-refractivity contribution >= 4 is 54.6 Å². The number of furan rings is 2. The van der Waals surface area contributed by atoms with Gasteiger partial charge in [-0.1, -0.05) is 115 Å². The molecule has 0 fully saturated rings. The molecule has 48 heavy (non-hydrogen) atoms. The lowest BCUT2D eigenvalue weighted by Crippen LogP contribution is -2.00. The summed E-state index contributed by atoms with van der Waals surface area (Å²) in [6.07, 6.45) is 0. The van der Waals surface area contributed by atoms with Gasteiger partial charge in [-0.05, 0) is 58.3 Å². The van der Waals surface area contributed by atoms with Gasteiger partial charge in [0, 0.05) is 38.2 Å². The molecule has 3 aromatic heterocycles. The van der Waals surface area contributed by atoms with Crippen LogP contribution in [0.5, 0.6) is 0 Å². The second-order valence-electron chi connectivity index (χ2n) is 12.0. The molecule has 5 nitrogen and oxygen atoms in total. The van der Waals surface area contributed by atoms with Gasteiger partial charge in [0.2, 0.25) is 0 Å². The van der Waals surface area contributed by atoms with Crippen LogP contribution in [-0.4, -0.2) is 15.0 Å². The monoisotopic (exact) mass is 615 g/mol. The van der Waals surface area contributed by atoms with E-state index in [1.165, 1.54) is 10.8 Å². The van der Waals surface area contributed by atoms with Crippen LogP contribution in [0, 0.1) is 0 Å². The van der Waals surface area contributed by atoms with Gasteiger partial charge >= 0.3 is 0 Å². The third kappa shape index (κ3) is 4.29. The van der Waals surface area contributed by atoms with Crippen molar-refractivity contribution in [2.24, 2.45) is 0 Å². The minimum absolute atomic E-state index is 0.570. The van der Waals surface area contributed by atoms with E-state index in [-0.39, 0.29) is 0 Å². The lowest BCUT2D eigenvalue weighted by molar-refractivity contribution is 0.668. The minimum Gasteiger partial charge on any atom is -0.456 e. The maximum absolute atomic E-state index is 6.24. The predicted molar refractivity (Wildman–Crippen MR) is 194 cm³/mol. The van der Waals surface area contributed by atoms with Gasteiger partial charge in [-0.25, -0.2) is 15.0 Å². The van der Waals surface area contributed by atoms with Crippen molar-refractivity contribution in [2.75, 3.05) is 0 Å². The van der Waals surface area contributed by atoms with Crippen molar-refractivity contribution in [1.82, 2.24) is 15.0 Å². The van der Waals surface area contributed by atoms with Crippen LogP contribution in [-0.2, 0) is 0 Å². The zero-order valence-electron chi connectivity index (χ0n) is 25.6. The average molecular weight is 616 g/mol. The van der Waals surface area contributed by atoms with Gasteiger partial charge < -0.3 is 8.83 Å². The standard InChI is InChI=1S/C43H25N3O2/c1-2-9-29-24-30(21-18-26(29)8-1)27-16-19-28(20-17-27)41-44-42(31-22-23-33-32-10-3-5-13-36(32)48-39(33)25-31)46-43(45-41)35-12-7-15-38-40(35)34-11-4-6-14-37(34)47-38/h1-25H. The first-order valence-corrected chi connectivity index (χ1v) is 15.9. The van der Waals surface area contributed by atoms with Gasteiger partial charge in [0.05, 0.1) is 0 Å². The zero-order valence-corrected chi connectivity index (χ0v) is 25.6. The Morgan fingerprint density at radius 1 is 0.333 bits per heavy atom. The van der Waals surface area contributed by atoms with Crippen LogP contribution in [0.15, 0.2) is 160 Å². The molecule has 0 N–H and O–H groups in total. The molecule has 10 rings (SSSR count). The number of hydrogen-bond donors (Lipinski definition) is 0. The van der Waals surface area contributed by atoms with Crippen molar-refractivity contribution in [3.05, 3.63) is 152 Å². The summed E-state index contributed by atoms with van der Waals surface area (Å²) in [7, 11) is 0. The second-order valence-corrected chi connectivity index (χ2v) is 12.0. The highest BCUT2D eigenvalue weighted by molar-refractivity contribution is 6.12. The lowest BCUT2D eigenvalue weighted by atomic mass is 10.00. The van der Waals surface area contributed by atoms with Gasteiger partial charge in [0.1, 0.15) is 22.3 Å². The number of fused-ring (bicyclic) bond motifs is 7. The van der Waals surface area contributed by atoms with Crippen LogP contribution in [0.25, 0.3) is 99.9 Å². The van der Waals surface area contributed by atoms with Gasteiger partial charge in [0.25, 0.3) is 0 Å². The quantitative estimate of drug-likeness (QED) is 0.197. The van der Waals surface area contributed by atoms with Gasteiger partial charge in [-0.2, -0.15) is 0 Å². The molecule has 0 atom stereocenters.